The maximum Gasteiger partial charge on any atom is 0.188 e. The van der Waals surface area contributed by atoms with Crippen molar-refractivity contribution < 1.29 is 4.74 Å². The van der Waals surface area contributed by atoms with Crippen LogP contribution in [-0.2, 0) is 6.42 Å². The van der Waals surface area contributed by atoms with E-state index < -0.39 is 0 Å². The summed E-state index contributed by atoms with van der Waals surface area (Å²) in [5.74, 6) is 0.830. The van der Waals surface area contributed by atoms with Crippen LogP contribution in [0.25, 0.3) is 11.3 Å². The summed E-state index contributed by atoms with van der Waals surface area (Å²) in [6.45, 7) is 2.12. The number of halogens is 2. The summed E-state index contributed by atoms with van der Waals surface area (Å²) in [7, 11) is 1.66. The lowest BCUT2D eigenvalue weighted by atomic mass is 10.1. The summed E-state index contributed by atoms with van der Waals surface area (Å²) in [4.78, 5) is 5.95. The van der Waals surface area contributed by atoms with Crippen LogP contribution in [0, 0.1) is 0 Å². The van der Waals surface area contributed by atoms with Crippen molar-refractivity contribution in [2.45, 2.75) is 13.3 Å². The summed E-state index contributed by atoms with van der Waals surface area (Å²) in [5.41, 5.74) is 2.79. The fraction of sp³-hybridized carbons (Fsp3) is 0.167. The Labute approximate surface area is 155 Å². The fourth-order valence-electron chi connectivity index (χ4n) is 2.33. The summed E-state index contributed by atoms with van der Waals surface area (Å²) >= 11 is 13.9. The lowest BCUT2D eigenvalue weighted by molar-refractivity contribution is 0.415. The summed E-state index contributed by atoms with van der Waals surface area (Å²) in [6, 6.07) is 13.2. The van der Waals surface area contributed by atoms with Crippen LogP contribution in [0.1, 0.15) is 11.8 Å². The van der Waals surface area contributed by atoms with Crippen LogP contribution >= 0.6 is 34.5 Å². The summed E-state index contributed by atoms with van der Waals surface area (Å²) in [5, 5.41) is 5.30. The van der Waals surface area contributed by atoms with E-state index in [0.29, 0.717) is 10.0 Å². The van der Waals surface area contributed by atoms with Crippen molar-refractivity contribution in [1.29, 1.82) is 0 Å². The molecule has 1 heterocycles. The van der Waals surface area contributed by atoms with E-state index in [-0.39, 0.29) is 0 Å². The van der Waals surface area contributed by atoms with Gasteiger partial charge in [0.1, 0.15) is 5.75 Å². The number of nitrogens with zero attached hydrogens (tertiary/aromatic N) is 1. The van der Waals surface area contributed by atoms with Crippen molar-refractivity contribution >= 4 is 45.4 Å². The summed E-state index contributed by atoms with van der Waals surface area (Å²) < 4.78 is 5.21. The molecule has 0 saturated heterocycles. The maximum atomic E-state index is 6.22. The predicted octanol–water partition coefficient (Wildman–Crippen LogP) is 6.43. The molecule has 0 aliphatic rings. The lowest BCUT2D eigenvalue weighted by Crippen LogP contribution is -1.91. The van der Waals surface area contributed by atoms with Crippen LogP contribution in [0.3, 0.4) is 0 Å². The molecule has 3 nitrogen and oxygen atoms in total. The lowest BCUT2D eigenvalue weighted by Gasteiger charge is -2.05. The molecule has 0 aliphatic heterocycles. The first kappa shape index (κ1) is 17.1. The van der Waals surface area contributed by atoms with Gasteiger partial charge < -0.3 is 10.1 Å². The minimum atomic E-state index is 0.610. The van der Waals surface area contributed by atoms with Crippen LogP contribution in [0.4, 0.5) is 10.8 Å². The zero-order chi connectivity index (χ0) is 17.1. The van der Waals surface area contributed by atoms with Crippen LogP contribution in [0.2, 0.25) is 10.0 Å². The zero-order valence-electron chi connectivity index (χ0n) is 13.3. The number of methoxy groups -OCH3 is 1. The third-order valence-electron chi connectivity index (χ3n) is 3.55. The van der Waals surface area contributed by atoms with Crippen molar-refractivity contribution in [2.75, 3.05) is 12.4 Å². The van der Waals surface area contributed by atoms with Gasteiger partial charge >= 0.3 is 0 Å². The van der Waals surface area contributed by atoms with Crippen LogP contribution in [-0.4, -0.2) is 12.1 Å². The van der Waals surface area contributed by atoms with E-state index in [2.05, 4.69) is 12.2 Å². The molecule has 0 radical (unpaired) electrons. The molecule has 0 bridgehead atoms. The van der Waals surface area contributed by atoms with Crippen molar-refractivity contribution in [2.24, 2.45) is 0 Å². The zero-order valence-corrected chi connectivity index (χ0v) is 15.6. The average molecular weight is 379 g/mol. The smallest absolute Gasteiger partial charge is 0.188 e. The Bertz CT molecular complexity index is 847. The molecule has 2 aromatic carbocycles. The van der Waals surface area contributed by atoms with Gasteiger partial charge in [0.15, 0.2) is 5.13 Å². The molecule has 1 N–H and O–H groups in total. The minimum absolute atomic E-state index is 0.610. The van der Waals surface area contributed by atoms with E-state index >= 15 is 0 Å². The molecule has 24 heavy (non-hydrogen) atoms. The molecule has 3 aromatic rings. The highest BCUT2D eigenvalue weighted by atomic mass is 35.5. The number of anilines is 2. The molecular weight excluding hydrogens is 363 g/mol. The quantitative estimate of drug-likeness (QED) is 0.555. The Kier molecular flexibility index (Phi) is 5.29. The molecule has 6 heteroatoms. The van der Waals surface area contributed by atoms with E-state index in [1.807, 2.05) is 24.3 Å². The van der Waals surface area contributed by atoms with Crippen LogP contribution < -0.4 is 10.1 Å². The largest absolute Gasteiger partial charge is 0.497 e. The van der Waals surface area contributed by atoms with Gasteiger partial charge in [0, 0.05) is 15.5 Å². The van der Waals surface area contributed by atoms with Gasteiger partial charge in [0.2, 0.25) is 0 Å². The SMILES string of the molecule is CCc1sc(Nc2cc(Cl)ccc2Cl)nc1-c1ccc(OC)cc1. The van der Waals surface area contributed by atoms with Crippen molar-refractivity contribution in [1.82, 2.24) is 4.98 Å². The molecule has 0 spiro atoms. The van der Waals surface area contributed by atoms with Crippen molar-refractivity contribution in [3.8, 4) is 17.0 Å². The van der Waals surface area contributed by atoms with E-state index in [1.54, 1.807) is 36.6 Å². The van der Waals surface area contributed by atoms with E-state index in [9.17, 15) is 0 Å². The Morgan fingerprint density at radius 2 is 1.88 bits per heavy atom. The number of thiazole rings is 1. The van der Waals surface area contributed by atoms with E-state index in [0.717, 1.165) is 34.2 Å². The fourth-order valence-corrected chi connectivity index (χ4v) is 3.60. The maximum absolute atomic E-state index is 6.22. The first-order valence-electron chi connectivity index (χ1n) is 7.47. The highest BCUT2D eigenvalue weighted by molar-refractivity contribution is 7.16. The molecule has 1 aromatic heterocycles. The van der Waals surface area contributed by atoms with E-state index in [4.69, 9.17) is 32.9 Å². The molecule has 0 unspecified atom stereocenters. The topological polar surface area (TPSA) is 34.2 Å². The molecule has 0 saturated carbocycles. The number of aromatic nitrogens is 1. The Morgan fingerprint density at radius 3 is 2.54 bits per heavy atom. The molecule has 0 aliphatic carbocycles. The van der Waals surface area contributed by atoms with Gasteiger partial charge in [-0.05, 0) is 48.9 Å². The number of hydrogen-bond acceptors (Lipinski definition) is 4. The van der Waals surface area contributed by atoms with Gasteiger partial charge in [-0.15, -0.1) is 11.3 Å². The highest BCUT2D eigenvalue weighted by Crippen LogP contribution is 2.35. The Hall–Kier alpha value is -1.75. The number of aryl methyl sites for hydroxylation is 1. The standard InChI is InChI=1S/C18H16Cl2N2OS/c1-3-16-17(11-4-7-13(23-2)8-5-11)22-18(24-16)21-15-10-12(19)6-9-14(15)20/h4-10H,3H2,1-2H3,(H,21,22). The van der Waals surface area contributed by atoms with Crippen LogP contribution in [0.5, 0.6) is 5.75 Å². The minimum Gasteiger partial charge on any atom is -0.497 e. The molecule has 3 rings (SSSR count). The van der Waals surface area contributed by atoms with Gasteiger partial charge in [-0.3, -0.25) is 0 Å². The molecular formula is C18H16Cl2N2OS. The third kappa shape index (κ3) is 3.66. The molecule has 124 valence electrons. The normalized spacial score (nSPS) is 10.7. The highest BCUT2D eigenvalue weighted by Gasteiger charge is 2.13. The van der Waals surface area contributed by atoms with Gasteiger partial charge in [-0.1, -0.05) is 30.1 Å². The first-order valence-corrected chi connectivity index (χ1v) is 9.04. The number of rotatable bonds is 5. The first-order chi connectivity index (χ1) is 11.6. The summed E-state index contributed by atoms with van der Waals surface area (Å²) in [6.07, 6.45) is 0.907. The second-order valence-electron chi connectivity index (χ2n) is 5.12. The van der Waals surface area contributed by atoms with Crippen LogP contribution in [0.15, 0.2) is 42.5 Å². The Morgan fingerprint density at radius 1 is 1.12 bits per heavy atom. The third-order valence-corrected chi connectivity index (χ3v) is 5.23. The van der Waals surface area contributed by atoms with E-state index in [1.165, 1.54) is 4.88 Å². The van der Waals surface area contributed by atoms with Gasteiger partial charge in [-0.2, -0.15) is 0 Å². The second kappa shape index (κ2) is 7.43. The predicted molar refractivity (Wildman–Crippen MR) is 103 cm³/mol. The number of hydrogen-bond donors (Lipinski definition) is 1. The van der Waals surface area contributed by atoms with Gasteiger partial charge in [0.25, 0.3) is 0 Å². The van der Waals surface area contributed by atoms with Gasteiger partial charge in [0.05, 0.1) is 23.5 Å². The molecule has 0 amide bonds. The Balaban J connectivity index is 1.93. The number of nitrogens with one attached hydrogen (secondary N) is 1. The van der Waals surface area contributed by atoms with Crippen molar-refractivity contribution in [3.63, 3.8) is 0 Å². The molecule has 0 fully saturated rings. The average Bonchev–Trinajstić information content (AvgIpc) is 3.01. The van der Waals surface area contributed by atoms with Gasteiger partial charge in [-0.25, -0.2) is 4.98 Å². The molecule has 0 atom stereocenters. The number of ether oxygens (including phenoxy) is 1. The second-order valence-corrected chi connectivity index (χ2v) is 7.05. The monoisotopic (exact) mass is 378 g/mol. The van der Waals surface area contributed by atoms with Crippen molar-refractivity contribution in [3.05, 3.63) is 57.4 Å². The number of benzene rings is 2.